The first-order chi connectivity index (χ1) is 28.6. The van der Waals surface area contributed by atoms with Crippen molar-refractivity contribution in [3.63, 3.8) is 0 Å². The van der Waals surface area contributed by atoms with Crippen LogP contribution in [0.3, 0.4) is 0 Å². The minimum atomic E-state index is -0.157. The van der Waals surface area contributed by atoms with E-state index >= 15 is 0 Å². The van der Waals surface area contributed by atoms with Gasteiger partial charge in [0.05, 0.1) is 8.43 Å². The molecule has 2 atom stereocenters. The zero-order chi connectivity index (χ0) is 40.2. The molecule has 0 saturated carbocycles. The second kappa shape index (κ2) is 12.5. The second-order valence-electron chi connectivity index (χ2n) is 17.2. The van der Waals surface area contributed by atoms with Crippen molar-refractivity contribution < 1.29 is 2.74 Å². The van der Waals surface area contributed by atoms with E-state index in [1.54, 1.807) is 0 Å². The summed E-state index contributed by atoms with van der Waals surface area (Å²) in [6.45, 7) is 9.48. The van der Waals surface area contributed by atoms with E-state index in [4.69, 9.17) is 0 Å². The molecule has 1 heteroatoms. The van der Waals surface area contributed by atoms with Crippen LogP contribution in [0.5, 0.6) is 0 Å². The molecular formula is C56H45N. The van der Waals surface area contributed by atoms with E-state index in [-0.39, 0.29) is 22.9 Å². The highest BCUT2D eigenvalue weighted by Gasteiger charge is 2.45. The lowest BCUT2D eigenvalue weighted by atomic mass is 9.74. The summed E-state index contributed by atoms with van der Waals surface area (Å²) in [6, 6.07) is 54.7. The maximum absolute atomic E-state index is 9.69. The number of hydrogen-bond acceptors (Lipinski definition) is 1. The van der Waals surface area contributed by atoms with Gasteiger partial charge in [0, 0.05) is 28.1 Å². The van der Waals surface area contributed by atoms with Gasteiger partial charge >= 0.3 is 0 Å². The molecule has 11 rings (SSSR count). The summed E-state index contributed by atoms with van der Waals surface area (Å²) < 4.78 is 19.3. The molecule has 0 aromatic heterocycles. The Morgan fingerprint density at radius 3 is 1.95 bits per heavy atom. The normalized spacial score (nSPS) is 19.1. The highest BCUT2D eigenvalue weighted by atomic mass is 15.1. The monoisotopic (exact) mass is 733 g/mol. The minimum Gasteiger partial charge on any atom is -0.310 e. The largest absolute Gasteiger partial charge is 0.310 e. The van der Waals surface area contributed by atoms with E-state index in [2.05, 4.69) is 196 Å². The van der Waals surface area contributed by atoms with Crippen LogP contribution in [0.4, 0.5) is 17.1 Å². The number of hydrogen-bond donors (Lipinski definition) is 0. The number of fused-ring (bicyclic) bond motifs is 10. The van der Waals surface area contributed by atoms with Gasteiger partial charge in [0.15, 0.2) is 0 Å². The van der Waals surface area contributed by atoms with Crippen molar-refractivity contribution >= 4 is 61.5 Å². The molecule has 2 unspecified atom stereocenters. The lowest BCUT2D eigenvalue weighted by Gasteiger charge is -2.31. The maximum Gasteiger partial charge on any atom is 0.0629 e. The molecule has 0 aliphatic heterocycles. The SMILES string of the molecule is [2H]/C(=C(/[2H])c1cc2ccccc2c2ccccc12)c1ccc(N(c2ccc3c(c2)C(C)(C)c2ccccc2-3)c2ccc3c(c2)C(C)(C)C2C=CC=CC32)c2ccccc12. The standard InChI is InChI=1S/C56H45N/c1-55(2)50-23-13-11-20-45(50)47-30-28-39(34-52(47)55)57(40-29-31-48-46-21-12-14-24-51(46)56(3,4)53(48)35-40)54-32-27-36(41-16-8-10-22-49(41)54)25-26-38-33-37-15-5-6-17-42(37)44-19-9-7-18-43(38)44/h5-35,45,50H,1-4H3/b26-25+/i25D,26D. The summed E-state index contributed by atoms with van der Waals surface area (Å²) >= 11 is 0. The molecule has 0 bridgehead atoms. The fraction of sp³-hybridized carbons (Fsp3) is 0.143. The van der Waals surface area contributed by atoms with E-state index in [0.717, 1.165) is 60.5 Å². The molecule has 57 heavy (non-hydrogen) atoms. The third kappa shape index (κ3) is 5.08. The van der Waals surface area contributed by atoms with Gasteiger partial charge in [-0.1, -0.05) is 179 Å². The number of rotatable bonds is 5. The van der Waals surface area contributed by atoms with Crippen LogP contribution in [0, 0.1) is 5.92 Å². The first-order valence-corrected chi connectivity index (χ1v) is 20.3. The first kappa shape index (κ1) is 31.7. The molecule has 1 nitrogen and oxygen atoms in total. The molecule has 3 aliphatic carbocycles. The Kier molecular flexibility index (Phi) is 6.98. The second-order valence-corrected chi connectivity index (χ2v) is 17.2. The smallest absolute Gasteiger partial charge is 0.0629 e. The molecular weight excluding hydrogens is 687 g/mol. The van der Waals surface area contributed by atoms with E-state index in [1.807, 2.05) is 12.1 Å². The van der Waals surface area contributed by atoms with Crippen molar-refractivity contribution in [3.05, 3.63) is 209 Å². The topological polar surface area (TPSA) is 3.24 Å². The van der Waals surface area contributed by atoms with Gasteiger partial charge in [0.2, 0.25) is 0 Å². The first-order valence-electron chi connectivity index (χ1n) is 21.3. The van der Waals surface area contributed by atoms with Crippen LogP contribution in [0.1, 0.15) is 69.7 Å². The molecule has 0 heterocycles. The molecule has 8 aromatic rings. The number of benzene rings is 8. The Morgan fingerprint density at radius 2 is 1.12 bits per heavy atom. The van der Waals surface area contributed by atoms with Crippen LogP contribution in [0.2, 0.25) is 0 Å². The Balaban J connectivity index is 1.12. The van der Waals surface area contributed by atoms with Gasteiger partial charge in [-0.05, 0) is 119 Å². The highest BCUT2D eigenvalue weighted by molar-refractivity contribution is 6.12. The molecule has 0 spiro atoms. The summed E-state index contributed by atoms with van der Waals surface area (Å²) in [7, 11) is 0. The van der Waals surface area contributed by atoms with Gasteiger partial charge < -0.3 is 4.90 Å². The molecule has 0 fully saturated rings. The number of anilines is 3. The molecule has 8 aromatic carbocycles. The van der Waals surface area contributed by atoms with Crippen LogP contribution < -0.4 is 4.90 Å². The highest BCUT2D eigenvalue weighted by Crippen LogP contribution is 2.55. The quantitative estimate of drug-likeness (QED) is 0.126. The predicted octanol–water partition coefficient (Wildman–Crippen LogP) is 15.2. The van der Waals surface area contributed by atoms with Crippen molar-refractivity contribution in [1.82, 2.24) is 0 Å². The molecule has 0 radical (unpaired) electrons. The van der Waals surface area contributed by atoms with E-state index < -0.39 is 0 Å². The van der Waals surface area contributed by atoms with E-state index in [1.165, 1.54) is 33.4 Å². The van der Waals surface area contributed by atoms with Crippen molar-refractivity contribution in [1.29, 1.82) is 0 Å². The van der Waals surface area contributed by atoms with Crippen LogP contribution in [-0.4, -0.2) is 0 Å². The lowest BCUT2D eigenvalue weighted by molar-refractivity contribution is 0.394. The summed E-state index contributed by atoms with van der Waals surface area (Å²) in [5.41, 5.74) is 12.6. The maximum atomic E-state index is 9.69. The van der Waals surface area contributed by atoms with Gasteiger partial charge in [-0.15, -0.1) is 0 Å². The van der Waals surface area contributed by atoms with Crippen molar-refractivity contribution in [2.45, 2.75) is 44.4 Å². The van der Waals surface area contributed by atoms with Crippen molar-refractivity contribution in [2.24, 2.45) is 5.92 Å². The average molecular weight is 734 g/mol. The minimum absolute atomic E-state index is 0.0428. The molecule has 0 N–H and O–H groups in total. The van der Waals surface area contributed by atoms with Gasteiger partial charge in [-0.3, -0.25) is 0 Å². The zero-order valence-electron chi connectivity index (χ0n) is 34.8. The fourth-order valence-electron chi connectivity index (χ4n) is 10.4. The summed E-state index contributed by atoms with van der Waals surface area (Å²) in [5, 5.41) is 6.29. The van der Waals surface area contributed by atoms with Gasteiger partial charge in [-0.25, -0.2) is 0 Å². The summed E-state index contributed by atoms with van der Waals surface area (Å²) in [6.07, 6.45) is 9.17. The van der Waals surface area contributed by atoms with Crippen LogP contribution >= 0.6 is 0 Å². The Morgan fingerprint density at radius 1 is 0.509 bits per heavy atom. The summed E-state index contributed by atoms with van der Waals surface area (Å²) in [5.74, 6) is 0.777. The lowest BCUT2D eigenvalue weighted by Crippen LogP contribution is -2.24. The predicted molar refractivity (Wildman–Crippen MR) is 244 cm³/mol. The molecule has 3 aliphatic rings. The van der Waals surface area contributed by atoms with Crippen LogP contribution in [0.15, 0.2) is 176 Å². The van der Waals surface area contributed by atoms with E-state index in [9.17, 15) is 2.74 Å². The molecule has 274 valence electrons. The van der Waals surface area contributed by atoms with Gasteiger partial charge in [0.1, 0.15) is 0 Å². The van der Waals surface area contributed by atoms with Gasteiger partial charge in [0.25, 0.3) is 0 Å². The molecule has 0 amide bonds. The van der Waals surface area contributed by atoms with Crippen molar-refractivity contribution in [2.75, 3.05) is 4.90 Å². The Hall–Kier alpha value is -6.44. The Bertz CT molecular complexity index is 3160. The Labute approximate surface area is 338 Å². The van der Waals surface area contributed by atoms with Gasteiger partial charge in [-0.2, -0.15) is 0 Å². The zero-order valence-corrected chi connectivity index (χ0v) is 32.8. The van der Waals surface area contributed by atoms with Crippen LogP contribution in [-0.2, 0) is 10.8 Å². The molecule has 0 saturated heterocycles. The number of allylic oxidation sites excluding steroid dienone is 4. The van der Waals surface area contributed by atoms with Crippen molar-refractivity contribution in [3.8, 4) is 11.1 Å². The number of nitrogens with zero attached hydrogens (tertiary/aromatic N) is 1. The summed E-state index contributed by atoms with van der Waals surface area (Å²) in [4.78, 5) is 2.43. The fourth-order valence-corrected chi connectivity index (χ4v) is 10.4. The third-order valence-corrected chi connectivity index (χ3v) is 13.4. The average Bonchev–Trinajstić information content (AvgIpc) is 3.64. The van der Waals surface area contributed by atoms with Crippen LogP contribution in [0.25, 0.3) is 55.5 Å². The van der Waals surface area contributed by atoms with E-state index in [0.29, 0.717) is 11.8 Å². The third-order valence-electron chi connectivity index (χ3n) is 13.4.